The molecule has 0 saturated carbocycles. The number of rotatable bonds is 4. The van der Waals surface area contributed by atoms with Crippen molar-refractivity contribution >= 4 is 25.9 Å². The van der Waals surface area contributed by atoms with Crippen LogP contribution in [0.25, 0.3) is 0 Å². The summed E-state index contributed by atoms with van der Waals surface area (Å²) in [4.78, 5) is -0.516. The van der Waals surface area contributed by atoms with Crippen molar-refractivity contribution in [2.45, 2.75) is 4.90 Å². The van der Waals surface area contributed by atoms with Gasteiger partial charge in [0.15, 0.2) is 0 Å². The fraction of sp³-hybridized carbons (Fsp3) is 0.143. The Morgan fingerprint density at radius 3 is 2.29 bits per heavy atom. The monoisotopic (exact) mass is 283 g/mol. The third kappa shape index (κ3) is 3.63. The van der Waals surface area contributed by atoms with Gasteiger partial charge in [-0.1, -0.05) is 0 Å². The molecule has 17 heavy (non-hydrogen) atoms. The van der Waals surface area contributed by atoms with Gasteiger partial charge in [0.05, 0.1) is 5.69 Å². The van der Waals surface area contributed by atoms with Crippen LogP contribution in [0.4, 0.5) is 10.1 Å². The molecular weight excluding hydrogens is 273 g/mol. The molecule has 0 aliphatic rings. The number of nitrogens with two attached hydrogens (primary N) is 1. The van der Waals surface area contributed by atoms with E-state index >= 15 is 0 Å². The Kier molecular flexibility index (Phi) is 3.71. The van der Waals surface area contributed by atoms with Gasteiger partial charge in [-0.05, 0) is 18.2 Å². The van der Waals surface area contributed by atoms with E-state index in [2.05, 4.69) is 0 Å². The molecule has 0 atom stereocenters. The van der Waals surface area contributed by atoms with E-state index in [9.17, 15) is 21.2 Å². The minimum atomic E-state index is -4.15. The maximum Gasteiger partial charge on any atom is 0.298 e. The Morgan fingerprint density at radius 1 is 1.24 bits per heavy atom. The van der Waals surface area contributed by atoms with Gasteiger partial charge in [0.25, 0.3) is 10.2 Å². The van der Waals surface area contributed by atoms with Crippen LogP contribution in [0.5, 0.6) is 0 Å². The lowest BCUT2D eigenvalue weighted by atomic mass is 10.3. The Bertz CT molecular complexity index is 627. The summed E-state index contributed by atoms with van der Waals surface area (Å²) in [6, 6.07) is 2.45. The highest BCUT2D eigenvalue weighted by Crippen LogP contribution is 2.21. The smallest absolute Gasteiger partial charge is 0.270 e. The Labute approximate surface area is 98.1 Å². The second-order valence-electron chi connectivity index (χ2n) is 3.00. The van der Waals surface area contributed by atoms with Crippen molar-refractivity contribution in [1.29, 1.82) is 0 Å². The summed E-state index contributed by atoms with van der Waals surface area (Å²) < 4.78 is 61.3. The third-order valence-electron chi connectivity index (χ3n) is 1.76. The topological polar surface area (TPSA) is 118 Å². The van der Waals surface area contributed by atoms with Crippen molar-refractivity contribution in [3.05, 3.63) is 24.0 Å². The molecule has 0 bridgehead atoms. The molecule has 1 rings (SSSR count). The van der Waals surface area contributed by atoms with Crippen LogP contribution in [-0.2, 0) is 20.2 Å². The van der Waals surface area contributed by atoms with E-state index in [0.29, 0.717) is 6.07 Å². The Balaban J connectivity index is 3.37. The number of anilines is 1. The third-order valence-corrected chi connectivity index (χ3v) is 3.76. The SMILES string of the molecule is CNS(=O)(=O)Nc1cc(F)ccc1S(N)(=O)=O. The van der Waals surface area contributed by atoms with Crippen molar-refractivity contribution < 1.29 is 21.2 Å². The fourth-order valence-electron chi connectivity index (χ4n) is 1.03. The highest BCUT2D eigenvalue weighted by atomic mass is 32.2. The van der Waals surface area contributed by atoms with Crippen LogP contribution < -0.4 is 14.6 Å². The van der Waals surface area contributed by atoms with E-state index in [0.717, 1.165) is 19.2 Å². The highest BCUT2D eigenvalue weighted by molar-refractivity contribution is 7.91. The van der Waals surface area contributed by atoms with Gasteiger partial charge in [0.1, 0.15) is 10.7 Å². The summed E-state index contributed by atoms with van der Waals surface area (Å²) in [6.45, 7) is 0. The van der Waals surface area contributed by atoms with Crippen molar-refractivity contribution in [2.75, 3.05) is 11.8 Å². The van der Waals surface area contributed by atoms with Gasteiger partial charge in [-0.3, -0.25) is 4.72 Å². The molecule has 0 spiro atoms. The van der Waals surface area contributed by atoms with Crippen LogP contribution in [0.3, 0.4) is 0 Å². The van der Waals surface area contributed by atoms with Crippen molar-refractivity contribution in [3.8, 4) is 0 Å². The van der Waals surface area contributed by atoms with Gasteiger partial charge in [-0.15, -0.1) is 0 Å². The molecule has 0 fully saturated rings. The summed E-state index contributed by atoms with van der Waals surface area (Å²) in [7, 11) is -7.00. The van der Waals surface area contributed by atoms with Crippen LogP contribution in [-0.4, -0.2) is 23.9 Å². The van der Waals surface area contributed by atoms with Gasteiger partial charge in [-0.25, -0.2) is 22.7 Å². The molecule has 0 aliphatic heterocycles. The van der Waals surface area contributed by atoms with Gasteiger partial charge in [0, 0.05) is 7.05 Å². The first-order chi connectivity index (χ1) is 7.65. The predicted octanol–water partition coefficient (Wildman–Crippen LogP) is -0.651. The zero-order valence-corrected chi connectivity index (χ0v) is 10.3. The first-order valence-corrected chi connectivity index (χ1v) is 7.22. The Hall–Kier alpha value is -1.23. The lowest BCUT2D eigenvalue weighted by molar-refractivity contribution is 0.593. The van der Waals surface area contributed by atoms with Crippen LogP contribution in [0.15, 0.2) is 23.1 Å². The molecule has 4 N–H and O–H groups in total. The molecule has 1 aromatic rings. The minimum absolute atomic E-state index is 0.457. The van der Waals surface area contributed by atoms with E-state index in [1.807, 2.05) is 9.44 Å². The molecule has 0 saturated heterocycles. The largest absolute Gasteiger partial charge is 0.298 e. The number of hydrogen-bond donors (Lipinski definition) is 3. The molecule has 10 heteroatoms. The molecule has 0 unspecified atom stereocenters. The Morgan fingerprint density at radius 2 is 1.82 bits per heavy atom. The normalized spacial score (nSPS) is 12.4. The van der Waals surface area contributed by atoms with E-state index in [1.165, 1.54) is 0 Å². The van der Waals surface area contributed by atoms with Crippen LogP contribution in [0, 0.1) is 5.82 Å². The standard InChI is InChI=1S/C7H10FN3O4S2/c1-10-17(14,15)11-6-4-5(8)2-3-7(6)16(9,12)13/h2-4,10-11H,1H3,(H2,9,12,13). The second-order valence-corrected chi connectivity index (χ2v) is 6.14. The zero-order valence-electron chi connectivity index (χ0n) is 8.64. The first-order valence-electron chi connectivity index (χ1n) is 4.19. The molecule has 1 aromatic carbocycles. The van der Waals surface area contributed by atoms with Crippen molar-refractivity contribution in [1.82, 2.24) is 4.72 Å². The summed E-state index contributed by atoms with van der Waals surface area (Å²) in [5.74, 6) is -0.800. The summed E-state index contributed by atoms with van der Waals surface area (Å²) in [5, 5.41) is 4.86. The van der Waals surface area contributed by atoms with E-state index in [4.69, 9.17) is 5.14 Å². The predicted molar refractivity (Wildman–Crippen MR) is 59.4 cm³/mol. The second kappa shape index (κ2) is 4.56. The average molecular weight is 283 g/mol. The molecular formula is C7H10FN3O4S2. The first kappa shape index (κ1) is 13.8. The number of nitrogens with one attached hydrogen (secondary N) is 2. The average Bonchev–Trinajstić information content (AvgIpc) is 2.15. The van der Waals surface area contributed by atoms with Crippen LogP contribution in [0.2, 0.25) is 0 Å². The summed E-state index contributed by atoms with van der Waals surface area (Å²) in [5.41, 5.74) is -0.457. The fourth-order valence-corrected chi connectivity index (χ4v) is 2.33. The number of primary sulfonamides is 1. The van der Waals surface area contributed by atoms with Gasteiger partial charge in [-0.2, -0.15) is 8.42 Å². The summed E-state index contributed by atoms with van der Waals surface area (Å²) in [6.07, 6.45) is 0. The quantitative estimate of drug-likeness (QED) is 0.680. The maximum atomic E-state index is 12.9. The number of benzene rings is 1. The van der Waals surface area contributed by atoms with Crippen molar-refractivity contribution in [3.63, 3.8) is 0 Å². The highest BCUT2D eigenvalue weighted by Gasteiger charge is 2.18. The van der Waals surface area contributed by atoms with E-state index in [1.54, 1.807) is 0 Å². The lowest BCUT2D eigenvalue weighted by Gasteiger charge is -2.10. The van der Waals surface area contributed by atoms with Gasteiger partial charge < -0.3 is 0 Å². The number of halogens is 1. The van der Waals surface area contributed by atoms with Crippen molar-refractivity contribution in [2.24, 2.45) is 5.14 Å². The summed E-state index contributed by atoms with van der Waals surface area (Å²) >= 11 is 0. The molecule has 0 aliphatic carbocycles. The lowest BCUT2D eigenvalue weighted by Crippen LogP contribution is -2.27. The minimum Gasteiger partial charge on any atom is -0.270 e. The molecule has 0 radical (unpaired) electrons. The molecule has 7 nitrogen and oxygen atoms in total. The molecule has 0 aromatic heterocycles. The number of hydrogen-bond acceptors (Lipinski definition) is 4. The van der Waals surface area contributed by atoms with Crippen LogP contribution in [0.1, 0.15) is 0 Å². The maximum absolute atomic E-state index is 12.9. The van der Waals surface area contributed by atoms with Gasteiger partial charge >= 0.3 is 0 Å². The zero-order chi connectivity index (χ0) is 13.3. The molecule has 96 valence electrons. The van der Waals surface area contributed by atoms with E-state index in [-0.39, 0.29) is 0 Å². The molecule has 0 heterocycles. The number of sulfonamides is 1. The van der Waals surface area contributed by atoms with Crippen LogP contribution >= 0.6 is 0 Å². The molecule has 0 amide bonds. The van der Waals surface area contributed by atoms with E-state index < -0.39 is 36.6 Å². The van der Waals surface area contributed by atoms with Gasteiger partial charge in [0.2, 0.25) is 10.0 Å².